The molecule has 0 unspecified atom stereocenters. The molecule has 2 N–H and O–H groups in total. The summed E-state index contributed by atoms with van der Waals surface area (Å²) in [5.74, 6) is 0.368. The van der Waals surface area contributed by atoms with Crippen LogP contribution in [0.3, 0.4) is 0 Å². The summed E-state index contributed by atoms with van der Waals surface area (Å²) in [5.41, 5.74) is 5.15. The second kappa shape index (κ2) is 1.85. The minimum Gasteiger partial charge on any atom is -0.366 e. The smallest absolute Gasteiger partial charge is 0.240 e. The molecule has 0 bridgehead atoms. The molecule has 48 valence electrons. The summed E-state index contributed by atoms with van der Waals surface area (Å²) >= 11 is 0. The third-order valence-electron chi connectivity index (χ3n) is 0.919. The summed E-state index contributed by atoms with van der Waals surface area (Å²) in [5, 5.41) is 3.63. The van der Waals surface area contributed by atoms with E-state index < -0.39 is 0 Å². The Hall–Kier alpha value is -1.39. The summed E-state index contributed by atoms with van der Waals surface area (Å²) < 4.78 is 1.32. The maximum absolute atomic E-state index is 10.1. The van der Waals surface area contributed by atoms with Crippen LogP contribution in [0.5, 0.6) is 0 Å². The number of carbonyl (C=O) groups is 1. The van der Waals surface area contributed by atoms with Crippen LogP contribution in [0.1, 0.15) is 10.6 Å². The fraction of sp³-hybridized carbons (Fsp3) is 0.250. The van der Waals surface area contributed by atoms with Gasteiger partial charge in [0.1, 0.15) is 0 Å². The Morgan fingerprint density at radius 3 is 2.67 bits per heavy atom. The molecule has 0 aromatic carbocycles. The maximum Gasteiger partial charge on any atom is 0.240 e. The molecule has 0 saturated carbocycles. The van der Waals surface area contributed by atoms with E-state index in [4.69, 9.17) is 5.73 Å². The van der Waals surface area contributed by atoms with Crippen LogP contribution in [-0.4, -0.2) is 21.1 Å². The lowest BCUT2D eigenvalue weighted by Crippen LogP contribution is -1.96. The zero-order valence-corrected chi connectivity index (χ0v) is 4.90. The van der Waals surface area contributed by atoms with E-state index >= 15 is 0 Å². The molecule has 1 aromatic rings. The number of nitrogen functional groups attached to an aromatic ring is 1. The van der Waals surface area contributed by atoms with Crippen molar-refractivity contribution in [2.24, 2.45) is 7.05 Å². The fourth-order valence-electron chi connectivity index (χ4n) is 0.520. The quantitative estimate of drug-likeness (QED) is 0.500. The highest BCUT2D eigenvalue weighted by Crippen LogP contribution is 1.91. The first-order valence-corrected chi connectivity index (χ1v) is 2.35. The van der Waals surface area contributed by atoms with E-state index in [0.29, 0.717) is 6.29 Å². The van der Waals surface area contributed by atoms with E-state index in [-0.39, 0.29) is 11.8 Å². The van der Waals surface area contributed by atoms with Gasteiger partial charge in [0, 0.05) is 7.05 Å². The van der Waals surface area contributed by atoms with Gasteiger partial charge in [0.2, 0.25) is 5.95 Å². The van der Waals surface area contributed by atoms with Gasteiger partial charge in [0.05, 0.1) is 0 Å². The predicted molar refractivity (Wildman–Crippen MR) is 30.8 cm³/mol. The number of aromatic nitrogens is 3. The van der Waals surface area contributed by atoms with Crippen LogP contribution >= 0.6 is 0 Å². The lowest BCUT2D eigenvalue weighted by Gasteiger charge is -1.83. The van der Waals surface area contributed by atoms with Crippen LogP contribution in [0.25, 0.3) is 0 Å². The monoisotopic (exact) mass is 126 g/mol. The number of nitrogens with two attached hydrogens (primary N) is 1. The molecule has 1 rings (SSSR count). The SMILES string of the molecule is Cn1nc(N)nc1C=O. The first-order chi connectivity index (χ1) is 4.24. The number of hydrogen-bond acceptors (Lipinski definition) is 4. The number of nitrogens with zero attached hydrogens (tertiary/aromatic N) is 3. The number of carbonyl (C=O) groups excluding carboxylic acids is 1. The van der Waals surface area contributed by atoms with Gasteiger partial charge in [0.15, 0.2) is 12.1 Å². The molecule has 1 heterocycles. The first kappa shape index (κ1) is 5.74. The van der Waals surface area contributed by atoms with Crippen LogP contribution in [0.4, 0.5) is 5.95 Å². The lowest BCUT2D eigenvalue weighted by atomic mass is 10.7. The molecule has 0 saturated heterocycles. The Morgan fingerprint density at radius 1 is 1.78 bits per heavy atom. The normalized spacial score (nSPS) is 9.44. The lowest BCUT2D eigenvalue weighted by molar-refractivity contribution is 0.111. The molecule has 9 heavy (non-hydrogen) atoms. The minimum absolute atomic E-state index is 0.125. The first-order valence-electron chi connectivity index (χ1n) is 2.35. The second-order valence-corrected chi connectivity index (χ2v) is 1.57. The van der Waals surface area contributed by atoms with Gasteiger partial charge in [-0.2, -0.15) is 4.98 Å². The van der Waals surface area contributed by atoms with Gasteiger partial charge in [-0.15, -0.1) is 5.10 Å². The van der Waals surface area contributed by atoms with Gasteiger partial charge >= 0.3 is 0 Å². The number of aryl methyl sites for hydroxylation is 1. The summed E-state index contributed by atoms with van der Waals surface area (Å²) in [4.78, 5) is 13.7. The van der Waals surface area contributed by atoms with Crippen LogP contribution in [-0.2, 0) is 7.05 Å². The van der Waals surface area contributed by atoms with Crippen LogP contribution in [0.2, 0.25) is 0 Å². The minimum atomic E-state index is 0.125. The molecule has 0 radical (unpaired) electrons. The highest BCUT2D eigenvalue weighted by Gasteiger charge is 1.99. The molecule has 0 atom stereocenters. The predicted octanol–water partition coefficient (Wildman–Crippen LogP) is -0.790. The van der Waals surface area contributed by atoms with Crippen LogP contribution in [0.15, 0.2) is 0 Å². The van der Waals surface area contributed by atoms with Crippen molar-refractivity contribution >= 4 is 12.2 Å². The largest absolute Gasteiger partial charge is 0.366 e. The van der Waals surface area contributed by atoms with Gasteiger partial charge in [0.25, 0.3) is 0 Å². The van der Waals surface area contributed by atoms with Gasteiger partial charge in [-0.1, -0.05) is 0 Å². The average Bonchev–Trinajstić information content (AvgIpc) is 2.10. The second-order valence-electron chi connectivity index (χ2n) is 1.57. The standard InChI is InChI=1S/C4H6N4O/c1-8-3(2-9)6-4(5)7-8/h2H,1H3,(H2,5,7). The number of hydrogen-bond donors (Lipinski definition) is 1. The van der Waals surface area contributed by atoms with E-state index in [1.165, 1.54) is 4.68 Å². The number of anilines is 1. The zero-order chi connectivity index (χ0) is 6.85. The highest BCUT2D eigenvalue weighted by molar-refractivity contribution is 5.69. The van der Waals surface area contributed by atoms with Crippen molar-refractivity contribution in [1.82, 2.24) is 14.8 Å². The Kier molecular flexibility index (Phi) is 1.18. The van der Waals surface area contributed by atoms with Crippen molar-refractivity contribution in [3.63, 3.8) is 0 Å². The van der Waals surface area contributed by atoms with E-state index in [1.807, 2.05) is 0 Å². The molecule has 0 amide bonds. The molecule has 0 aliphatic carbocycles. The Morgan fingerprint density at radius 2 is 2.44 bits per heavy atom. The Labute approximate surface area is 51.5 Å². The maximum atomic E-state index is 10.1. The van der Waals surface area contributed by atoms with Crippen molar-refractivity contribution in [2.75, 3.05) is 5.73 Å². The molecule has 0 aliphatic heterocycles. The zero-order valence-electron chi connectivity index (χ0n) is 4.90. The van der Waals surface area contributed by atoms with Crippen molar-refractivity contribution in [3.8, 4) is 0 Å². The summed E-state index contributed by atoms with van der Waals surface area (Å²) in [6.07, 6.45) is 0.601. The van der Waals surface area contributed by atoms with Gasteiger partial charge in [-0.05, 0) is 0 Å². The highest BCUT2D eigenvalue weighted by atomic mass is 16.1. The molecular weight excluding hydrogens is 120 g/mol. The molecule has 1 aromatic heterocycles. The molecule has 5 heteroatoms. The third kappa shape index (κ3) is 0.883. The van der Waals surface area contributed by atoms with Crippen molar-refractivity contribution in [1.29, 1.82) is 0 Å². The number of rotatable bonds is 1. The van der Waals surface area contributed by atoms with Crippen molar-refractivity contribution in [3.05, 3.63) is 5.82 Å². The van der Waals surface area contributed by atoms with E-state index in [2.05, 4.69) is 10.1 Å². The topological polar surface area (TPSA) is 73.8 Å². The van der Waals surface area contributed by atoms with Gasteiger partial charge in [-0.25, -0.2) is 4.68 Å². The fourth-order valence-corrected chi connectivity index (χ4v) is 0.520. The van der Waals surface area contributed by atoms with Crippen LogP contribution in [0, 0.1) is 0 Å². The van der Waals surface area contributed by atoms with Crippen molar-refractivity contribution in [2.45, 2.75) is 0 Å². The summed E-state index contributed by atoms with van der Waals surface area (Å²) in [7, 11) is 1.60. The average molecular weight is 126 g/mol. The molecule has 0 fully saturated rings. The van der Waals surface area contributed by atoms with E-state index in [0.717, 1.165) is 0 Å². The molecule has 0 spiro atoms. The summed E-state index contributed by atoms with van der Waals surface area (Å²) in [6, 6.07) is 0. The molecule has 5 nitrogen and oxygen atoms in total. The third-order valence-corrected chi connectivity index (χ3v) is 0.919. The Bertz CT molecular complexity index is 228. The van der Waals surface area contributed by atoms with Crippen LogP contribution < -0.4 is 5.73 Å². The molecule has 0 aliphatic rings. The van der Waals surface area contributed by atoms with Gasteiger partial charge in [-0.3, -0.25) is 4.79 Å². The number of aldehydes is 1. The van der Waals surface area contributed by atoms with E-state index in [9.17, 15) is 4.79 Å². The molecular formula is C4H6N4O. The Balaban J connectivity index is 3.15. The summed E-state index contributed by atoms with van der Waals surface area (Å²) in [6.45, 7) is 0. The van der Waals surface area contributed by atoms with Crippen molar-refractivity contribution < 1.29 is 4.79 Å². The van der Waals surface area contributed by atoms with Gasteiger partial charge < -0.3 is 5.73 Å². The van der Waals surface area contributed by atoms with E-state index in [1.54, 1.807) is 7.05 Å².